The Morgan fingerprint density at radius 3 is 2.26 bits per heavy atom. The van der Waals surface area contributed by atoms with Gasteiger partial charge in [0.1, 0.15) is 23.9 Å². The third-order valence-corrected chi connectivity index (χ3v) is 12.1. The Labute approximate surface area is 321 Å². The van der Waals surface area contributed by atoms with Crippen LogP contribution >= 0.6 is 0 Å². The van der Waals surface area contributed by atoms with Crippen molar-refractivity contribution >= 4 is 23.6 Å². The number of likely N-dealkylation sites (N-methyl/N-ethyl adjacent to an activating group) is 1. The average molecular weight is 757 g/mol. The molecule has 54 heavy (non-hydrogen) atoms. The number of fused-ring (bicyclic) bond motifs is 1. The summed E-state index contributed by atoms with van der Waals surface area (Å²) in [7, 11) is 5.25. The Morgan fingerprint density at radius 1 is 0.981 bits per heavy atom. The monoisotopic (exact) mass is 756 g/mol. The van der Waals surface area contributed by atoms with Crippen LogP contribution in [0.1, 0.15) is 86.6 Å². The number of ether oxygens (including phenoxy) is 5. The van der Waals surface area contributed by atoms with Crippen LogP contribution in [0, 0.1) is 23.7 Å². The molecule has 302 valence electrons. The molecular weight excluding hydrogens is 692 g/mol. The molecule has 0 spiro atoms. The Bertz CT molecular complexity index is 1490. The zero-order valence-corrected chi connectivity index (χ0v) is 34.2. The largest absolute Gasteiger partial charge is 0.458 e. The lowest BCUT2D eigenvalue weighted by Gasteiger charge is -2.47. The van der Waals surface area contributed by atoms with Crippen LogP contribution in [0.3, 0.4) is 0 Å². The summed E-state index contributed by atoms with van der Waals surface area (Å²) in [5.74, 6) is -4.88. The fourth-order valence-electron chi connectivity index (χ4n) is 8.87. The Morgan fingerprint density at radius 2 is 1.65 bits per heavy atom. The van der Waals surface area contributed by atoms with Crippen LogP contribution in [0.25, 0.3) is 0 Å². The molecule has 1 amide bonds. The van der Waals surface area contributed by atoms with Crippen LogP contribution in [0.2, 0.25) is 0 Å². The van der Waals surface area contributed by atoms with E-state index in [1.807, 2.05) is 64.0 Å². The topological polar surface area (TPSA) is 141 Å². The zero-order chi connectivity index (χ0) is 40.1. The van der Waals surface area contributed by atoms with Crippen LogP contribution in [0.5, 0.6) is 0 Å². The first-order valence-electron chi connectivity index (χ1n) is 19.6. The lowest BCUT2D eigenvalue weighted by atomic mass is 9.73. The fraction of sp³-hybridized carbons (Fsp3) is 0.714. The van der Waals surface area contributed by atoms with Crippen molar-refractivity contribution in [2.45, 2.75) is 141 Å². The SMILES string of the molecule is CC[C@H]1OC(=O)[C@H](C)C(=O)[C@H](C)[C@@H](O[C@@H]2O[C@H](C)C[C@H](N(C)C)[C@H]2O)[C@](C)(OC)C[C@@H](C)C(=O)[C@H](C)[C@@H]2N(CC/C=C/Cc3ccccc3)C(=O)O[C@@]21C. The molecule has 4 rings (SSSR count). The molecule has 0 saturated carbocycles. The molecule has 1 aromatic carbocycles. The summed E-state index contributed by atoms with van der Waals surface area (Å²) in [6.45, 7) is 14.3. The number of allylic oxidation sites excluding steroid dienone is 1. The number of aliphatic hydroxyl groups is 1. The minimum absolute atomic E-state index is 0.140. The number of carbonyl (C=O) groups excluding carboxylic acids is 4. The van der Waals surface area contributed by atoms with Crippen LogP contribution in [0.15, 0.2) is 42.5 Å². The second-order valence-electron chi connectivity index (χ2n) is 16.3. The van der Waals surface area contributed by atoms with Crippen molar-refractivity contribution in [1.29, 1.82) is 0 Å². The number of ketones is 2. The first kappa shape index (κ1) is 43.6. The number of cyclic esters (lactones) is 1. The summed E-state index contributed by atoms with van der Waals surface area (Å²) >= 11 is 0. The highest BCUT2D eigenvalue weighted by Gasteiger charge is 2.60. The molecule has 3 saturated heterocycles. The number of nitrogens with zero attached hydrogens (tertiary/aromatic N) is 2. The van der Waals surface area contributed by atoms with Gasteiger partial charge < -0.3 is 38.6 Å². The highest BCUT2D eigenvalue weighted by molar-refractivity contribution is 6.00. The second-order valence-corrected chi connectivity index (χ2v) is 16.3. The molecule has 1 aromatic rings. The number of Topliss-reactive ketones (excluding diaryl/α,β-unsaturated/α-hetero) is 2. The van der Waals surface area contributed by atoms with E-state index in [-0.39, 0.29) is 37.3 Å². The summed E-state index contributed by atoms with van der Waals surface area (Å²) in [6.07, 6.45) is 1.36. The summed E-state index contributed by atoms with van der Waals surface area (Å²) in [4.78, 5) is 60.0. The first-order valence-corrected chi connectivity index (χ1v) is 19.6. The number of esters is 1. The quantitative estimate of drug-likeness (QED) is 0.187. The molecule has 0 aromatic heterocycles. The van der Waals surface area contributed by atoms with E-state index in [1.54, 1.807) is 32.6 Å². The number of rotatable bonds is 10. The number of benzene rings is 1. The molecule has 0 bridgehead atoms. The summed E-state index contributed by atoms with van der Waals surface area (Å²) in [6, 6.07) is 9.01. The highest BCUT2D eigenvalue weighted by atomic mass is 16.7. The van der Waals surface area contributed by atoms with Crippen molar-refractivity contribution in [3.05, 3.63) is 48.0 Å². The third kappa shape index (κ3) is 9.26. The van der Waals surface area contributed by atoms with Crippen molar-refractivity contribution in [2.24, 2.45) is 23.7 Å². The van der Waals surface area contributed by atoms with Gasteiger partial charge in [-0.2, -0.15) is 0 Å². The van der Waals surface area contributed by atoms with Gasteiger partial charge in [-0.1, -0.05) is 70.2 Å². The van der Waals surface area contributed by atoms with Crippen molar-refractivity contribution in [2.75, 3.05) is 27.7 Å². The minimum atomic E-state index is -1.38. The maximum Gasteiger partial charge on any atom is 0.410 e. The van der Waals surface area contributed by atoms with Gasteiger partial charge in [-0.3, -0.25) is 14.4 Å². The molecular formula is C42H64N2O10. The van der Waals surface area contributed by atoms with Crippen molar-refractivity contribution in [1.82, 2.24) is 9.80 Å². The molecule has 0 aliphatic carbocycles. The van der Waals surface area contributed by atoms with Gasteiger partial charge >= 0.3 is 12.1 Å². The summed E-state index contributed by atoms with van der Waals surface area (Å²) in [5.41, 5.74) is -1.47. The lowest BCUT2D eigenvalue weighted by molar-refractivity contribution is -0.295. The van der Waals surface area contributed by atoms with E-state index in [1.165, 1.54) is 19.6 Å². The van der Waals surface area contributed by atoms with Gasteiger partial charge in [-0.15, -0.1) is 0 Å². The summed E-state index contributed by atoms with van der Waals surface area (Å²) in [5, 5.41) is 11.4. The predicted molar refractivity (Wildman–Crippen MR) is 203 cm³/mol. The molecule has 1 N–H and O–H groups in total. The minimum Gasteiger partial charge on any atom is -0.458 e. The Hall–Kier alpha value is -3.16. The molecule has 12 heteroatoms. The number of amides is 1. The van der Waals surface area contributed by atoms with E-state index in [0.29, 0.717) is 12.8 Å². The number of hydrogen-bond donors (Lipinski definition) is 1. The smallest absolute Gasteiger partial charge is 0.410 e. The van der Waals surface area contributed by atoms with Crippen LogP contribution in [-0.4, -0.2) is 120 Å². The number of aliphatic hydroxyl groups excluding tert-OH is 1. The van der Waals surface area contributed by atoms with Crippen molar-refractivity contribution in [3.8, 4) is 0 Å². The van der Waals surface area contributed by atoms with Gasteiger partial charge in [0, 0.05) is 37.5 Å². The maximum atomic E-state index is 14.6. The van der Waals surface area contributed by atoms with Crippen LogP contribution in [0.4, 0.5) is 4.79 Å². The Balaban J connectivity index is 1.71. The molecule has 3 heterocycles. The molecule has 3 aliphatic heterocycles. The number of carbonyl (C=O) groups is 4. The van der Waals surface area contributed by atoms with Gasteiger partial charge in [-0.05, 0) is 79.5 Å². The van der Waals surface area contributed by atoms with E-state index in [4.69, 9.17) is 23.7 Å². The Kier molecular flexibility index (Phi) is 14.7. The second kappa shape index (κ2) is 18.2. The molecule has 0 radical (unpaired) electrons. The normalized spacial score (nSPS) is 38.7. The number of methoxy groups -OCH3 is 1. The van der Waals surface area contributed by atoms with Crippen LogP contribution < -0.4 is 0 Å². The van der Waals surface area contributed by atoms with E-state index in [2.05, 4.69) is 18.2 Å². The zero-order valence-electron chi connectivity index (χ0n) is 34.2. The van der Waals surface area contributed by atoms with E-state index in [9.17, 15) is 24.3 Å². The molecule has 13 atom stereocenters. The maximum absolute atomic E-state index is 14.6. The highest BCUT2D eigenvalue weighted by Crippen LogP contribution is 2.43. The molecule has 12 nitrogen and oxygen atoms in total. The van der Waals surface area contributed by atoms with Gasteiger partial charge in [0.15, 0.2) is 17.7 Å². The van der Waals surface area contributed by atoms with Crippen molar-refractivity contribution in [3.63, 3.8) is 0 Å². The van der Waals surface area contributed by atoms with Gasteiger partial charge in [0.25, 0.3) is 0 Å². The molecule has 3 aliphatic rings. The van der Waals surface area contributed by atoms with Gasteiger partial charge in [-0.25, -0.2) is 4.79 Å². The van der Waals surface area contributed by atoms with E-state index < -0.39 is 83.4 Å². The fourth-order valence-corrected chi connectivity index (χ4v) is 8.87. The average Bonchev–Trinajstić information content (AvgIpc) is 3.40. The van der Waals surface area contributed by atoms with E-state index in [0.717, 1.165) is 6.42 Å². The number of hydrogen-bond acceptors (Lipinski definition) is 11. The first-order chi connectivity index (χ1) is 25.4. The van der Waals surface area contributed by atoms with Gasteiger partial charge in [0.2, 0.25) is 0 Å². The van der Waals surface area contributed by atoms with Crippen LogP contribution in [-0.2, 0) is 44.5 Å². The van der Waals surface area contributed by atoms with E-state index >= 15 is 0 Å². The standard InChI is InChI=1S/C42H64N2O10/c1-12-32-42(8)36(44(40(49)54-42)22-18-14-17-21-30-19-15-13-16-20-30)27(4)33(45)25(2)24-41(7,50-11)37(28(5)34(46)29(6)38(48)52-32)53-39-35(47)31(43(9)10)23-26(3)51-39/h13-17,19-20,25-29,31-32,35-37,39,47H,12,18,21-24H2,1-11H3/b17-14+/t25-,26-,27+,28+,29-,31+,32-,35-,36+,37-,39+,41-,42-/m1/s1. The third-order valence-electron chi connectivity index (χ3n) is 12.1. The molecule has 0 unspecified atom stereocenters. The summed E-state index contributed by atoms with van der Waals surface area (Å²) < 4.78 is 31.1. The predicted octanol–water partition coefficient (Wildman–Crippen LogP) is 5.38. The molecule has 3 fully saturated rings. The van der Waals surface area contributed by atoms with Crippen molar-refractivity contribution < 1.29 is 48.0 Å². The lowest BCUT2D eigenvalue weighted by Crippen LogP contribution is -2.60. The van der Waals surface area contributed by atoms with Gasteiger partial charge in [0.05, 0.1) is 23.9 Å².